The van der Waals surface area contributed by atoms with E-state index in [-0.39, 0.29) is 18.6 Å². The van der Waals surface area contributed by atoms with E-state index in [1.165, 1.54) is 4.90 Å². The Bertz CT molecular complexity index is 485. The number of urea groups is 1. The van der Waals surface area contributed by atoms with Crippen LogP contribution in [0.15, 0.2) is 24.3 Å². The van der Waals surface area contributed by atoms with Crippen LogP contribution in [0.25, 0.3) is 0 Å². The van der Waals surface area contributed by atoms with Crippen LogP contribution < -0.4 is 4.90 Å². The van der Waals surface area contributed by atoms with E-state index in [0.29, 0.717) is 12.2 Å². The lowest BCUT2D eigenvalue weighted by molar-refractivity contribution is -0.135. The summed E-state index contributed by atoms with van der Waals surface area (Å²) < 4.78 is 0. The molecule has 1 aromatic carbocycles. The highest BCUT2D eigenvalue weighted by Crippen LogP contribution is 2.18. The Labute approximate surface area is 126 Å². The first-order valence-electron chi connectivity index (χ1n) is 7.27. The second kappa shape index (κ2) is 7.67. The quantitative estimate of drug-likeness (QED) is 0.876. The summed E-state index contributed by atoms with van der Waals surface area (Å²) in [4.78, 5) is 26.8. The largest absolute Gasteiger partial charge is 0.480 e. The zero-order chi connectivity index (χ0) is 16.0. The monoisotopic (exact) mass is 292 g/mol. The van der Waals surface area contributed by atoms with E-state index in [1.54, 1.807) is 17.0 Å². The molecule has 0 saturated carbocycles. The molecule has 5 heteroatoms. The second-order valence-corrected chi connectivity index (χ2v) is 5.14. The molecule has 0 aliphatic carbocycles. The minimum Gasteiger partial charge on any atom is -0.480 e. The van der Waals surface area contributed by atoms with E-state index >= 15 is 0 Å². The van der Waals surface area contributed by atoms with Crippen molar-refractivity contribution in [2.24, 2.45) is 0 Å². The van der Waals surface area contributed by atoms with Gasteiger partial charge in [-0.25, -0.2) is 4.79 Å². The number of aliphatic carboxylic acids is 1. The molecule has 116 valence electrons. The van der Waals surface area contributed by atoms with Crippen LogP contribution in [-0.4, -0.2) is 41.1 Å². The molecule has 5 nitrogen and oxygen atoms in total. The summed E-state index contributed by atoms with van der Waals surface area (Å²) in [6, 6.07) is 7.11. The Morgan fingerprint density at radius 3 is 2.19 bits per heavy atom. The predicted molar refractivity (Wildman–Crippen MR) is 83.7 cm³/mol. The summed E-state index contributed by atoms with van der Waals surface area (Å²) in [5.41, 5.74) is 1.67. The lowest BCUT2D eigenvalue weighted by Crippen LogP contribution is -2.49. The normalized spacial score (nSPS) is 11.8. The lowest BCUT2D eigenvalue weighted by atomic mass is 10.2. The van der Waals surface area contributed by atoms with Gasteiger partial charge in [0.1, 0.15) is 6.54 Å². The number of carbonyl (C=O) groups excluding carboxylic acids is 1. The van der Waals surface area contributed by atoms with E-state index < -0.39 is 5.97 Å². The molecular formula is C16H24N2O3. The molecule has 0 aromatic heterocycles. The van der Waals surface area contributed by atoms with E-state index in [1.807, 2.05) is 39.8 Å². The Balaban J connectivity index is 3.09. The summed E-state index contributed by atoms with van der Waals surface area (Å²) >= 11 is 0. The molecular weight excluding hydrogens is 268 g/mol. The maximum atomic E-state index is 12.7. The van der Waals surface area contributed by atoms with E-state index in [0.717, 1.165) is 12.0 Å². The van der Waals surface area contributed by atoms with Crippen molar-refractivity contribution in [1.29, 1.82) is 0 Å². The average molecular weight is 292 g/mol. The third kappa shape index (κ3) is 4.48. The minimum atomic E-state index is -1.02. The van der Waals surface area contributed by atoms with Gasteiger partial charge in [-0.15, -0.1) is 0 Å². The van der Waals surface area contributed by atoms with Crippen LogP contribution in [0.5, 0.6) is 0 Å². The number of carboxylic acid groups (broad SMARTS) is 1. The number of hydrogen-bond donors (Lipinski definition) is 1. The van der Waals surface area contributed by atoms with Gasteiger partial charge in [-0.1, -0.05) is 24.6 Å². The first-order chi connectivity index (χ1) is 9.90. The number of amides is 2. The topological polar surface area (TPSA) is 60.9 Å². The van der Waals surface area contributed by atoms with Crippen molar-refractivity contribution in [3.05, 3.63) is 29.8 Å². The number of nitrogens with zero attached hydrogens (tertiary/aromatic N) is 2. The molecule has 0 heterocycles. The molecule has 21 heavy (non-hydrogen) atoms. The summed E-state index contributed by atoms with van der Waals surface area (Å²) in [7, 11) is 0. The van der Waals surface area contributed by atoms with Crippen LogP contribution in [0, 0.1) is 6.92 Å². The van der Waals surface area contributed by atoms with Gasteiger partial charge in [-0.3, -0.25) is 9.69 Å². The van der Waals surface area contributed by atoms with E-state index in [2.05, 4.69) is 0 Å². The molecule has 1 rings (SSSR count). The van der Waals surface area contributed by atoms with Crippen LogP contribution in [-0.2, 0) is 4.79 Å². The molecule has 0 saturated heterocycles. The number of aryl methyl sites for hydroxylation is 1. The molecule has 1 unspecified atom stereocenters. The van der Waals surface area contributed by atoms with Gasteiger partial charge in [0.15, 0.2) is 0 Å². The number of rotatable bonds is 6. The van der Waals surface area contributed by atoms with Crippen LogP contribution in [0.1, 0.15) is 32.8 Å². The highest BCUT2D eigenvalue weighted by molar-refractivity contribution is 5.96. The van der Waals surface area contributed by atoms with Crippen LogP contribution in [0.2, 0.25) is 0 Å². The van der Waals surface area contributed by atoms with Crippen molar-refractivity contribution in [3.63, 3.8) is 0 Å². The molecule has 2 amide bonds. The first-order valence-corrected chi connectivity index (χ1v) is 7.27. The second-order valence-electron chi connectivity index (χ2n) is 5.14. The van der Waals surface area contributed by atoms with Crippen molar-refractivity contribution in [2.75, 3.05) is 18.0 Å². The fraction of sp³-hybridized carbons (Fsp3) is 0.500. The van der Waals surface area contributed by atoms with E-state index in [4.69, 9.17) is 5.11 Å². The van der Waals surface area contributed by atoms with Gasteiger partial charge in [0.2, 0.25) is 0 Å². The lowest BCUT2D eigenvalue weighted by Gasteiger charge is -2.33. The summed E-state index contributed by atoms with van der Waals surface area (Å²) in [6.07, 6.45) is 0.828. The maximum Gasteiger partial charge on any atom is 0.325 e. The Morgan fingerprint density at radius 2 is 1.76 bits per heavy atom. The maximum absolute atomic E-state index is 12.7. The Kier molecular flexibility index (Phi) is 6.21. The fourth-order valence-electron chi connectivity index (χ4n) is 2.14. The SMILES string of the molecule is CCC(C)N(CC)C(=O)N(CC(=O)O)c1ccc(C)cc1. The number of carbonyl (C=O) groups is 2. The van der Waals surface area contributed by atoms with Crippen molar-refractivity contribution < 1.29 is 14.7 Å². The van der Waals surface area contributed by atoms with E-state index in [9.17, 15) is 9.59 Å². The molecule has 0 fully saturated rings. The zero-order valence-corrected chi connectivity index (χ0v) is 13.2. The smallest absolute Gasteiger partial charge is 0.325 e. The molecule has 0 aliphatic heterocycles. The summed E-state index contributed by atoms with van der Waals surface area (Å²) in [5.74, 6) is -1.02. The van der Waals surface area contributed by atoms with Crippen molar-refractivity contribution >= 4 is 17.7 Å². The van der Waals surface area contributed by atoms with Crippen molar-refractivity contribution in [2.45, 2.75) is 40.2 Å². The van der Waals surface area contributed by atoms with Gasteiger partial charge in [-0.2, -0.15) is 0 Å². The Morgan fingerprint density at radius 1 is 1.19 bits per heavy atom. The molecule has 0 spiro atoms. The zero-order valence-electron chi connectivity index (χ0n) is 13.2. The molecule has 0 bridgehead atoms. The van der Waals surface area contributed by atoms with Gasteiger partial charge in [0.05, 0.1) is 0 Å². The van der Waals surface area contributed by atoms with Gasteiger partial charge in [0.25, 0.3) is 0 Å². The van der Waals surface area contributed by atoms with Crippen molar-refractivity contribution in [3.8, 4) is 0 Å². The molecule has 0 aliphatic rings. The summed E-state index contributed by atoms with van der Waals surface area (Å²) in [6.45, 7) is 8.04. The fourth-order valence-corrected chi connectivity index (χ4v) is 2.14. The third-order valence-electron chi connectivity index (χ3n) is 3.58. The predicted octanol–water partition coefficient (Wildman–Crippen LogP) is 3.13. The van der Waals surface area contributed by atoms with Gasteiger partial charge in [-0.05, 0) is 39.3 Å². The van der Waals surface area contributed by atoms with Crippen LogP contribution >= 0.6 is 0 Å². The van der Waals surface area contributed by atoms with Gasteiger partial charge < -0.3 is 10.0 Å². The minimum absolute atomic E-state index is 0.0734. The first kappa shape index (κ1) is 17.0. The van der Waals surface area contributed by atoms with Gasteiger partial charge in [0, 0.05) is 18.3 Å². The highest BCUT2D eigenvalue weighted by atomic mass is 16.4. The third-order valence-corrected chi connectivity index (χ3v) is 3.58. The standard InChI is InChI=1S/C16H24N2O3/c1-5-13(4)17(6-2)16(21)18(11-15(19)20)14-9-7-12(3)8-10-14/h7-10,13H,5-6,11H2,1-4H3,(H,19,20). The number of anilines is 1. The average Bonchev–Trinajstić information content (AvgIpc) is 2.46. The molecule has 1 atom stereocenters. The number of carboxylic acids is 1. The van der Waals surface area contributed by atoms with Crippen molar-refractivity contribution in [1.82, 2.24) is 4.90 Å². The van der Waals surface area contributed by atoms with Gasteiger partial charge >= 0.3 is 12.0 Å². The Hall–Kier alpha value is -2.04. The summed E-state index contributed by atoms with van der Waals surface area (Å²) in [5, 5.41) is 9.09. The van der Waals surface area contributed by atoms with Crippen LogP contribution in [0.3, 0.4) is 0 Å². The molecule has 0 radical (unpaired) electrons. The molecule has 1 aromatic rings. The number of benzene rings is 1. The highest BCUT2D eigenvalue weighted by Gasteiger charge is 2.26. The van der Waals surface area contributed by atoms with Crippen LogP contribution in [0.4, 0.5) is 10.5 Å². The molecule has 1 N–H and O–H groups in total. The number of hydrogen-bond acceptors (Lipinski definition) is 2.